The number of amides is 1. The third-order valence-corrected chi connectivity index (χ3v) is 6.68. The van der Waals surface area contributed by atoms with Gasteiger partial charge in [-0.25, -0.2) is 18.4 Å². The Labute approximate surface area is 176 Å². The van der Waals surface area contributed by atoms with Crippen LogP contribution in [-0.4, -0.2) is 47.2 Å². The van der Waals surface area contributed by atoms with E-state index in [0.717, 1.165) is 11.4 Å². The monoisotopic (exact) mass is 427 g/mol. The van der Waals surface area contributed by atoms with E-state index in [0.29, 0.717) is 18.9 Å². The molecule has 0 saturated carbocycles. The lowest BCUT2D eigenvalue weighted by Crippen LogP contribution is -2.30. The molecule has 0 aliphatic carbocycles. The number of carbonyl (C=O) groups is 1. The van der Waals surface area contributed by atoms with Crippen LogP contribution in [-0.2, 0) is 21.1 Å². The Morgan fingerprint density at radius 1 is 1.07 bits per heavy atom. The first-order valence-corrected chi connectivity index (χ1v) is 11.2. The molecule has 0 aliphatic heterocycles. The highest BCUT2D eigenvalue weighted by Crippen LogP contribution is 2.16. The molecule has 30 heavy (non-hydrogen) atoms. The van der Waals surface area contributed by atoms with Gasteiger partial charge in [0.15, 0.2) is 9.84 Å². The van der Waals surface area contributed by atoms with Crippen LogP contribution in [0.25, 0.3) is 5.82 Å². The summed E-state index contributed by atoms with van der Waals surface area (Å²) < 4.78 is 26.2. The zero-order chi connectivity index (χ0) is 21.6. The number of nitrogens with one attached hydrogen (secondary N) is 2. The first kappa shape index (κ1) is 21.5. The largest absolute Gasteiger partial charge is 0.368 e. The van der Waals surface area contributed by atoms with Crippen molar-refractivity contribution in [3.05, 3.63) is 66.7 Å². The van der Waals surface area contributed by atoms with Crippen molar-refractivity contribution in [2.75, 3.05) is 18.4 Å². The van der Waals surface area contributed by atoms with E-state index in [1.165, 1.54) is 6.33 Å². The number of carbonyl (C=O) groups excluding carboxylic acids is 1. The van der Waals surface area contributed by atoms with Crippen molar-refractivity contribution >= 4 is 21.6 Å². The van der Waals surface area contributed by atoms with Crippen molar-refractivity contribution in [1.29, 1.82) is 0 Å². The van der Waals surface area contributed by atoms with Gasteiger partial charge in [-0.1, -0.05) is 12.1 Å². The Kier molecular flexibility index (Phi) is 6.83. The second-order valence-electron chi connectivity index (χ2n) is 7.04. The first-order chi connectivity index (χ1) is 14.4. The van der Waals surface area contributed by atoms with Gasteiger partial charge in [-0.3, -0.25) is 4.79 Å². The van der Waals surface area contributed by atoms with Crippen LogP contribution in [0.4, 0.5) is 5.82 Å². The number of nitrogens with zero attached hydrogens (tertiary/aromatic N) is 3. The molecule has 0 fully saturated rings. The number of anilines is 1. The minimum Gasteiger partial charge on any atom is -0.368 e. The molecule has 2 aromatic heterocycles. The van der Waals surface area contributed by atoms with E-state index in [9.17, 15) is 13.2 Å². The second kappa shape index (κ2) is 9.53. The molecular weight excluding hydrogens is 402 g/mol. The lowest BCUT2D eigenvalue weighted by molar-refractivity contribution is -0.120. The molecule has 2 N–H and O–H groups in total. The van der Waals surface area contributed by atoms with E-state index in [2.05, 4.69) is 20.6 Å². The zero-order valence-electron chi connectivity index (χ0n) is 16.9. The van der Waals surface area contributed by atoms with E-state index in [1.807, 2.05) is 35.2 Å². The van der Waals surface area contributed by atoms with E-state index in [-0.39, 0.29) is 17.2 Å². The number of hydrogen-bond donors (Lipinski definition) is 2. The molecule has 9 heteroatoms. The Morgan fingerprint density at radius 2 is 1.77 bits per heavy atom. The summed E-state index contributed by atoms with van der Waals surface area (Å²) in [4.78, 5) is 20.8. The predicted molar refractivity (Wildman–Crippen MR) is 115 cm³/mol. The van der Waals surface area contributed by atoms with Crippen LogP contribution in [0.15, 0.2) is 66.1 Å². The van der Waals surface area contributed by atoms with Crippen molar-refractivity contribution < 1.29 is 13.2 Å². The SMILES string of the molecule is CC(C)S(=O)(=O)c1ccc(CC(=O)NCCNc2cc(-n3cccc3)ncn2)cc1. The van der Waals surface area contributed by atoms with Crippen LogP contribution >= 0.6 is 0 Å². The van der Waals surface area contributed by atoms with Gasteiger partial charge in [-0.05, 0) is 43.7 Å². The average molecular weight is 428 g/mol. The summed E-state index contributed by atoms with van der Waals surface area (Å²) >= 11 is 0. The van der Waals surface area contributed by atoms with Crippen molar-refractivity contribution in [1.82, 2.24) is 19.9 Å². The number of sulfone groups is 1. The van der Waals surface area contributed by atoms with E-state index < -0.39 is 15.1 Å². The maximum Gasteiger partial charge on any atom is 0.224 e. The molecule has 1 aromatic carbocycles. The molecule has 0 spiro atoms. The molecule has 0 unspecified atom stereocenters. The van der Waals surface area contributed by atoms with E-state index in [1.54, 1.807) is 38.1 Å². The molecule has 158 valence electrons. The van der Waals surface area contributed by atoms with Gasteiger partial charge in [0.25, 0.3) is 0 Å². The maximum atomic E-state index is 12.1. The van der Waals surface area contributed by atoms with Gasteiger partial charge < -0.3 is 15.2 Å². The Morgan fingerprint density at radius 3 is 2.43 bits per heavy atom. The highest BCUT2D eigenvalue weighted by Gasteiger charge is 2.18. The predicted octanol–water partition coefficient (Wildman–Crippen LogP) is 2.22. The standard InChI is InChI=1S/C21H25N5O3S/c1-16(2)30(28,29)18-7-5-17(6-8-18)13-21(27)23-10-9-22-19-14-20(25-15-24-19)26-11-3-4-12-26/h3-8,11-12,14-16H,9-10,13H2,1-2H3,(H,23,27)(H,22,24,25). The first-order valence-electron chi connectivity index (χ1n) is 9.65. The zero-order valence-corrected chi connectivity index (χ0v) is 17.8. The summed E-state index contributed by atoms with van der Waals surface area (Å²) in [6.45, 7) is 4.24. The molecule has 0 aliphatic rings. The van der Waals surface area contributed by atoms with Crippen LogP contribution in [0.5, 0.6) is 0 Å². The Bertz CT molecular complexity index is 1080. The molecule has 2 heterocycles. The van der Waals surface area contributed by atoms with Crippen molar-refractivity contribution in [2.45, 2.75) is 30.4 Å². The van der Waals surface area contributed by atoms with Gasteiger partial charge in [0.1, 0.15) is 18.0 Å². The third-order valence-electron chi connectivity index (χ3n) is 4.51. The lowest BCUT2D eigenvalue weighted by Gasteiger charge is -2.10. The molecule has 0 bridgehead atoms. The van der Waals surface area contributed by atoms with Crippen molar-refractivity contribution in [3.8, 4) is 5.82 Å². The maximum absolute atomic E-state index is 12.1. The van der Waals surface area contributed by atoms with Gasteiger partial charge in [-0.15, -0.1) is 0 Å². The summed E-state index contributed by atoms with van der Waals surface area (Å²) in [6, 6.07) is 12.1. The average Bonchev–Trinajstić information content (AvgIpc) is 3.27. The molecule has 0 saturated heterocycles. The van der Waals surface area contributed by atoms with Gasteiger partial charge in [0, 0.05) is 31.5 Å². The minimum atomic E-state index is -3.30. The van der Waals surface area contributed by atoms with E-state index >= 15 is 0 Å². The number of benzene rings is 1. The smallest absolute Gasteiger partial charge is 0.224 e. The highest BCUT2D eigenvalue weighted by atomic mass is 32.2. The van der Waals surface area contributed by atoms with Gasteiger partial charge in [0.2, 0.25) is 5.91 Å². The fourth-order valence-corrected chi connectivity index (χ4v) is 3.84. The lowest BCUT2D eigenvalue weighted by atomic mass is 10.1. The molecular formula is C21H25N5O3S. The minimum absolute atomic E-state index is 0.132. The van der Waals surface area contributed by atoms with Crippen LogP contribution in [0.3, 0.4) is 0 Å². The van der Waals surface area contributed by atoms with Gasteiger partial charge >= 0.3 is 0 Å². The molecule has 1 amide bonds. The Balaban J connectivity index is 1.45. The molecule has 3 rings (SSSR count). The number of hydrogen-bond acceptors (Lipinski definition) is 6. The summed E-state index contributed by atoms with van der Waals surface area (Å²) in [6.07, 6.45) is 5.47. The van der Waals surface area contributed by atoms with Gasteiger partial charge in [0.05, 0.1) is 16.6 Å². The van der Waals surface area contributed by atoms with Crippen LogP contribution in [0.2, 0.25) is 0 Å². The van der Waals surface area contributed by atoms with Crippen molar-refractivity contribution in [2.24, 2.45) is 0 Å². The highest BCUT2D eigenvalue weighted by molar-refractivity contribution is 7.92. The summed E-state index contributed by atoms with van der Waals surface area (Å²) in [7, 11) is -3.30. The second-order valence-corrected chi connectivity index (χ2v) is 9.55. The molecule has 8 nitrogen and oxygen atoms in total. The summed E-state index contributed by atoms with van der Waals surface area (Å²) in [5.74, 6) is 1.29. The molecule has 0 atom stereocenters. The number of rotatable bonds is 9. The van der Waals surface area contributed by atoms with Crippen molar-refractivity contribution in [3.63, 3.8) is 0 Å². The van der Waals surface area contributed by atoms with E-state index in [4.69, 9.17) is 0 Å². The summed E-state index contributed by atoms with van der Waals surface area (Å²) in [5.41, 5.74) is 0.760. The number of aromatic nitrogens is 3. The molecule has 0 radical (unpaired) electrons. The molecule has 3 aromatic rings. The fraction of sp³-hybridized carbons (Fsp3) is 0.286. The quantitative estimate of drug-likeness (QED) is 0.507. The van der Waals surface area contributed by atoms with Gasteiger partial charge in [-0.2, -0.15) is 0 Å². The topological polar surface area (TPSA) is 106 Å². The van der Waals surface area contributed by atoms with Crippen LogP contribution < -0.4 is 10.6 Å². The normalized spacial score (nSPS) is 11.4. The van der Waals surface area contributed by atoms with Crippen LogP contribution in [0.1, 0.15) is 19.4 Å². The summed E-state index contributed by atoms with van der Waals surface area (Å²) in [5, 5.41) is 5.51. The Hall–Kier alpha value is -3.20. The third kappa shape index (κ3) is 5.44. The fourth-order valence-electron chi connectivity index (χ4n) is 2.78. The van der Waals surface area contributed by atoms with Crippen LogP contribution in [0, 0.1) is 0 Å².